The predicted octanol–water partition coefficient (Wildman–Crippen LogP) is 1.50. The molecule has 3 rings (SSSR count). The van der Waals surface area contributed by atoms with Gasteiger partial charge in [-0.3, -0.25) is 4.79 Å². The number of nitrogens with zero attached hydrogens (tertiary/aromatic N) is 2. The second-order valence-corrected chi connectivity index (χ2v) is 8.60. The van der Waals surface area contributed by atoms with Gasteiger partial charge in [0.1, 0.15) is 0 Å². The third-order valence-corrected chi connectivity index (χ3v) is 6.72. The van der Waals surface area contributed by atoms with Gasteiger partial charge in [0.05, 0.1) is 16.6 Å². The van der Waals surface area contributed by atoms with E-state index in [1.165, 1.54) is 52.7 Å². The van der Waals surface area contributed by atoms with Gasteiger partial charge < -0.3 is 14.8 Å². The van der Waals surface area contributed by atoms with Crippen LogP contribution in [0.15, 0.2) is 53.4 Å². The lowest BCUT2D eigenvalue weighted by Gasteiger charge is -2.26. The molecule has 1 heterocycles. The molecule has 28 heavy (non-hydrogen) atoms. The zero-order chi connectivity index (χ0) is 20.3. The average molecular weight is 401 g/mol. The van der Waals surface area contributed by atoms with E-state index >= 15 is 0 Å². The summed E-state index contributed by atoms with van der Waals surface area (Å²) in [6.07, 6.45) is 2.65. The van der Waals surface area contributed by atoms with Gasteiger partial charge in [-0.25, -0.2) is 8.42 Å². The maximum atomic E-state index is 12.9. The van der Waals surface area contributed by atoms with Crippen LogP contribution in [0.25, 0.3) is 0 Å². The van der Waals surface area contributed by atoms with E-state index < -0.39 is 21.9 Å². The Labute approximate surface area is 164 Å². The van der Waals surface area contributed by atoms with Crippen molar-refractivity contribution in [3.8, 4) is 0 Å². The number of rotatable bonds is 5. The molecule has 1 aliphatic heterocycles. The van der Waals surface area contributed by atoms with Crippen molar-refractivity contribution < 1.29 is 23.1 Å². The highest BCUT2D eigenvalue weighted by Crippen LogP contribution is 2.24. The highest BCUT2D eigenvalue weighted by molar-refractivity contribution is 7.89. The molecule has 0 N–H and O–H groups in total. The van der Waals surface area contributed by atoms with E-state index in [0.29, 0.717) is 13.1 Å². The molecule has 0 radical (unpaired) electrons. The van der Waals surface area contributed by atoms with Gasteiger partial charge in [0, 0.05) is 31.3 Å². The number of aromatic carboxylic acids is 1. The first-order valence-corrected chi connectivity index (χ1v) is 10.4. The van der Waals surface area contributed by atoms with Crippen molar-refractivity contribution >= 4 is 27.6 Å². The van der Waals surface area contributed by atoms with E-state index in [1.807, 2.05) is 0 Å². The first-order chi connectivity index (χ1) is 13.3. The van der Waals surface area contributed by atoms with Gasteiger partial charge in [0.25, 0.3) is 5.91 Å². The number of carbonyl (C=O) groups excluding carboxylic acids is 2. The fourth-order valence-electron chi connectivity index (χ4n) is 3.29. The standard InChI is InChI=1S/C20H22N2O5S/c1-21(18-11-4-3-10-17(18)20(24)25)19(23)15-8-7-9-16(14-15)28(26,27)22-12-5-2-6-13-22/h3-4,7-11,14H,2,5-6,12-13H2,1H3,(H,24,25)/p-1. The maximum Gasteiger partial charge on any atom is 0.258 e. The van der Waals surface area contributed by atoms with Crippen LogP contribution in [0.5, 0.6) is 0 Å². The van der Waals surface area contributed by atoms with E-state index in [4.69, 9.17) is 0 Å². The maximum absolute atomic E-state index is 12.9. The van der Waals surface area contributed by atoms with Gasteiger partial charge in [-0.05, 0) is 37.1 Å². The zero-order valence-corrected chi connectivity index (χ0v) is 16.3. The Balaban J connectivity index is 1.92. The van der Waals surface area contributed by atoms with Crippen LogP contribution < -0.4 is 10.0 Å². The van der Waals surface area contributed by atoms with Crippen LogP contribution in [0.1, 0.15) is 40.0 Å². The number of sulfonamides is 1. The summed E-state index contributed by atoms with van der Waals surface area (Å²) in [5, 5.41) is 11.3. The Kier molecular flexibility index (Phi) is 5.81. The minimum absolute atomic E-state index is 0.0573. The van der Waals surface area contributed by atoms with E-state index in [9.17, 15) is 23.1 Å². The Hall–Kier alpha value is -2.71. The second kappa shape index (κ2) is 8.12. The lowest BCUT2D eigenvalue weighted by atomic mass is 10.1. The lowest BCUT2D eigenvalue weighted by molar-refractivity contribution is -0.254. The van der Waals surface area contributed by atoms with Crippen molar-refractivity contribution in [3.05, 3.63) is 59.7 Å². The summed E-state index contributed by atoms with van der Waals surface area (Å²) in [5.41, 5.74) is 0.223. The van der Waals surface area contributed by atoms with Crippen LogP contribution in [-0.4, -0.2) is 44.7 Å². The Morgan fingerprint density at radius 1 is 1.00 bits per heavy atom. The Morgan fingerprint density at radius 3 is 2.36 bits per heavy atom. The van der Waals surface area contributed by atoms with Crippen molar-refractivity contribution in [1.29, 1.82) is 0 Å². The highest BCUT2D eigenvalue weighted by atomic mass is 32.2. The molecule has 2 aromatic carbocycles. The molecule has 2 aromatic rings. The molecule has 148 valence electrons. The number of benzene rings is 2. The van der Waals surface area contributed by atoms with Gasteiger partial charge in [-0.1, -0.05) is 30.7 Å². The zero-order valence-electron chi connectivity index (χ0n) is 15.5. The molecule has 8 heteroatoms. The normalized spacial score (nSPS) is 15.2. The molecule has 0 bridgehead atoms. The molecular formula is C20H21N2O5S-. The van der Waals surface area contributed by atoms with E-state index in [1.54, 1.807) is 12.1 Å². The van der Waals surface area contributed by atoms with E-state index in [0.717, 1.165) is 19.3 Å². The van der Waals surface area contributed by atoms with Gasteiger partial charge in [-0.15, -0.1) is 0 Å². The number of hydrogen-bond donors (Lipinski definition) is 0. The monoisotopic (exact) mass is 401 g/mol. The van der Waals surface area contributed by atoms with Crippen molar-refractivity contribution in [2.75, 3.05) is 25.0 Å². The van der Waals surface area contributed by atoms with Crippen LogP contribution in [0.2, 0.25) is 0 Å². The van der Waals surface area contributed by atoms with Gasteiger partial charge >= 0.3 is 0 Å². The number of hydrogen-bond acceptors (Lipinski definition) is 5. The molecule has 0 aliphatic carbocycles. The number of para-hydroxylation sites is 1. The van der Waals surface area contributed by atoms with E-state index in [2.05, 4.69) is 0 Å². The lowest BCUT2D eigenvalue weighted by Crippen LogP contribution is -2.36. The average Bonchev–Trinajstić information content (AvgIpc) is 2.73. The Bertz CT molecular complexity index is 997. The van der Waals surface area contributed by atoms with Gasteiger partial charge in [0.15, 0.2) is 0 Å². The largest absolute Gasteiger partial charge is 0.545 e. The summed E-state index contributed by atoms with van der Waals surface area (Å²) < 4.78 is 27.2. The van der Waals surface area contributed by atoms with Crippen LogP contribution in [0.3, 0.4) is 0 Å². The summed E-state index contributed by atoms with van der Waals surface area (Å²) in [7, 11) is -2.23. The molecule has 0 spiro atoms. The summed E-state index contributed by atoms with van der Waals surface area (Å²) in [4.78, 5) is 25.4. The molecule has 0 unspecified atom stereocenters. The SMILES string of the molecule is CN(C(=O)c1cccc(S(=O)(=O)N2CCCCC2)c1)c1ccccc1C(=O)[O-]. The molecule has 1 fully saturated rings. The number of carboxylic acid groups (broad SMARTS) is 1. The summed E-state index contributed by atoms with van der Waals surface area (Å²) in [6.45, 7) is 0.943. The second-order valence-electron chi connectivity index (χ2n) is 6.66. The third kappa shape index (κ3) is 3.93. The van der Waals surface area contributed by atoms with Crippen LogP contribution in [-0.2, 0) is 10.0 Å². The predicted molar refractivity (Wildman–Crippen MR) is 103 cm³/mol. The van der Waals surface area contributed by atoms with Crippen LogP contribution in [0, 0.1) is 0 Å². The summed E-state index contributed by atoms with van der Waals surface area (Å²) >= 11 is 0. The number of carbonyl (C=O) groups is 2. The molecule has 0 saturated carbocycles. The number of piperidine rings is 1. The number of amides is 1. The van der Waals surface area contributed by atoms with E-state index in [-0.39, 0.29) is 21.7 Å². The molecule has 7 nitrogen and oxygen atoms in total. The number of anilines is 1. The summed E-state index contributed by atoms with van der Waals surface area (Å²) in [6, 6.07) is 11.8. The fourth-order valence-corrected chi connectivity index (χ4v) is 4.85. The molecule has 0 aromatic heterocycles. The minimum Gasteiger partial charge on any atom is -0.545 e. The third-order valence-electron chi connectivity index (χ3n) is 4.82. The summed E-state index contributed by atoms with van der Waals surface area (Å²) in [5.74, 6) is -1.90. The first-order valence-electron chi connectivity index (χ1n) is 9.01. The molecular weight excluding hydrogens is 380 g/mol. The van der Waals surface area contributed by atoms with Crippen molar-refractivity contribution in [1.82, 2.24) is 4.31 Å². The molecule has 1 aliphatic rings. The van der Waals surface area contributed by atoms with Gasteiger partial charge in [0.2, 0.25) is 10.0 Å². The molecule has 1 saturated heterocycles. The van der Waals surface area contributed by atoms with Crippen molar-refractivity contribution in [2.24, 2.45) is 0 Å². The molecule has 0 atom stereocenters. The minimum atomic E-state index is -3.67. The van der Waals surface area contributed by atoms with Crippen molar-refractivity contribution in [3.63, 3.8) is 0 Å². The Morgan fingerprint density at radius 2 is 1.68 bits per heavy atom. The first kappa shape index (κ1) is 20.0. The molecule has 1 amide bonds. The van der Waals surface area contributed by atoms with Crippen LogP contribution in [0.4, 0.5) is 5.69 Å². The van der Waals surface area contributed by atoms with Crippen molar-refractivity contribution in [2.45, 2.75) is 24.2 Å². The smallest absolute Gasteiger partial charge is 0.258 e. The van der Waals surface area contributed by atoms with Crippen LogP contribution >= 0.6 is 0 Å². The number of carboxylic acids is 1. The van der Waals surface area contributed by atoms with Gasteiger partial charge in [-0.2, -0.15) is 4.31 Å². The highest BCUT2D eigenvalue weighted by Gasteiger charge is 2.27. The topological polar surface area (TPSA) is 97.8 Å². The quantitative estimate of drug-likeness (QED) is 0.756. The fraction of sp³-hybridized carbons (Fsp3) is 0.300.